The number of aromatic nitrogens is 2. The van der Waals surface area contributed by atoms with Gasteiger partial charge in [-0.3, -0.25) is 0 Å². The van der Waals surface area contributed by atoms with Crippen molar-refractivity contribution < 1.29 is 0 Å². The highest BCUT2D eigenvalue weighted by atomic mass is 15.1. The van der Waals surface area contributed by atoms with Gasteiger partial charge in [-0.15, -0.1) is 0 Å². The van der Waals surface area contributed by atoms with E-state index >= 15 is 0 Å². The first-order valence-electron chi connectivity index (χ1n) is 6.04. The number of nitrogens with one attached hydrogen (secondary N) is 1. The number of nitrogens with zero attached hydrogens (tertiary/aromatic N) is 2. The Morgan fingerprint density at radius 2 is 2.12 bits per heavy atom. The van der Waals surface area contributed by atoms with Crippen LogP contribution in [0.1, 0.15) is 37.4 Å². The molecule has 4 nitrogen and oxygen atoms in total. The summed E-state index contributed by atoms with van der Waals surface area (Å²) in [7, 11) is 0. The summed E-state index contributed by atoms with van der Waals surface area (Å²) in [5.74, 6) is 0.746. The van der Waals surface area contributed by atoms with Crippen molar-refractivity contribution in [2.75, 3.05) is 18.4 Å². The van der Waals surface area contributed by atoms with Crippen LogP contribution in [0.5, 0.6) is 0 Å². The largest absolute Gasteiger partial charge is 0.354 e. The van der Waals surface area contributed by atoms with E-state index in [2.05, 4.69) is 22.2 Å². The maximum absolute atomic E-state index is 5.43. The van der Waals surface area contributed by atoms with E-state index in [1.54, 1.807) is 0 Å². The van der Waals surface area contributed by atoms with Crippen molar-refractivity contribution in [2.45, 2.75) is 39.5 Å². The van der Waals surface area contributed by atoms with Crippen LogP contribution in [0.25, 0.3) is 0 Å². The van der Waals surface area contributed by atoms with Gasteiger partial charge in [-0.25, -0.2) is 9.97 Å². The molecule has 0 bridgehead atoms. The molecule has 0 aromatic carbocycles. The molecule has 0 saturated heterocycles. The molecule has 16 heavy (non-hydrogen) atoms. The lowest BCUT2D eigenvalue weighted by Gasteiger charge is -2.07. The van der Waals surface area contributed by atoms with Crippen LogP contribution in [0.15, 0.2) is 6.20 Å². The topological polar surface area (TPSA) is 63.8 Å². The number of rotatable bonds is 7. The van der Waals surface area contributed by atoms with Gasteiger partial charge in [-0.2, -0.15) is 0 Å². The maximum Gasteiger partial charge on any atom is 0.222 e. The van der Waals surface area contributed by atoms with Gasteiger partial charge < -0.3 is 11.1 Å². The number of nitrogens with two attached hydrogens (primary N) is 1. The molecular formula is C12H22N4. The van der Waals surface area contributed by atoms with Gasteiger partial charge in [0.1, 0.15) is 0 Å². The van der Waals surface area contributed by atoms with Gasteiger partial charge in [0, 0.05) is 18.4 Å². The second-order valence-corrected chi connectivity index (χ2v) is 3.95. The van der Waals surface area contributed by atoms with Gasteiger partial charge in [-0.1, -0.05) is 13.3 Å². The van der Waals surface area contributed by atoms with Crippen LogP contribution in [-0.2, 0) is 6.42 Å². The molecule has 0 atom stereocenters. The third-order valence-electron chi connectivity index (χ3n) is 2.58. The predicted molar refractivity (Wildman–Crippen MR) is 67.5 cm³/mol. The molecule has 1 rings (SSSR count). The molecule has 0 spiro atoms. The number of hydrogen-bond acceptors (Lipinski definition) is 4. The van der Waals surface area contributed by atoms with E-state index < -0.39 is 0 Å². The summed E-state index contributed by atoms with van der Waals surface area (Å²) in [4.78, 5) is 8.72. The Morgan fingerprint density at radius 1 is 1.31 bits per heavy atom. The fourth-order valence-corrected chi connectivity index (χ4v) is 1.57. The second kappa shape index (κ2) is 7.17. The van der Waals surface area contributed by atoms with Crippen molar-refractivity contribution in [3.63, 3.8) is 0 Å². The van der Waals surface area contributed by atoms with E-state index in [0.29, 0.717) is 0 Å². The van der Waals surface area contributed by atoms with Gasteiger partial charge in [0.25, 0.3) is 0 Å². The molecule has 3 N–H and O–H groups in total. The summed E-state index contributed by atoms with van der Waals surface area (Å²) in [6.45, 7) is 5.86. The lowest BCUT2D eigenvalue weighted by molar-refractivity contribution is 0.704. The maximum atomic E-state index is 5.43. The van der Waals surface area contributed by atoms with Crippen LogP contribution in [0, 0.1) is 6.92 Å². The molecule has 0 unspecified atom stereocenters. The van der Waals surface area contributed by atoms with Crippen LogP contribution < -0.4 is 11.1 Å². The highest BCUT2D eigenvalue weighted by Crippen LogP contribution is 2.07. The molecule has 0 aliphatic carbocycles. The fraction of sp³-hybridized carbons (Fsp3) is 0.667. The van der Waals surface area contributed by atoms with Gasteiger partial charge in [0.05, 0.1) is 0 Å². The summed E-state index contributed by atoms with van der Waals surface area (Å²) < 4.78 is 0. The van der Waals surface area contributed by atoms with E-state index in [1.807, 2.05) is 13.1 Å². The minimum atomic E-state index is 0.746. The molecule has 1 aromatic heterocycles. The zero-order valence-electron chi connectivity index (χ0n) is 10.3. The Bertz CT molecular complexity index is 312. The highest BCUT2D eigenvalue weighted by molar-refractivity contribution is 5.28. The van der Waals surface area contributed by atoms with Crippen molar-refractivity contribution >= 4 is 5.95 Å². The molecule has 90 valence electrons. The molecule has 0 aliphatic rings. The molecule has 1 aromatic rings. The first-order valence-corrected chi connectivity index (χ1v) is 6.04. The Hall–Kier alpha value is -1.16. The van der Waals surface area contributed by atoms with Gasteiger partial charge in [0.2, 0.25) is 5.95 Å². The minimum absolute atomic E-state index is 0.746. The molecule has 0 aliphatic heterocycles. The average Bonchev–Trinajstić information content (AvgIpc) is 2.31. The average molecular weight is 222 g/mol. The summed E-state index contributed by atoms with van der Waals surface area (Å²) in [6, 6.07) is 0. The smallest absolute Gasteiger partial charge is 0.222 e. The summed E-state index contributed by atoms with van der Waals surface area (Å²) in [5.41, 5.74) is 7.72. The third kappa shape index (κ3) is 4.14. The minimum Gasteiger partial charge on any atom is -0.354 e. The Balaban J connectivity index is 2.36. The number of anilines is 1. The standard InChI is InChI=1S/C12H22N4/c1-3-11-10(2)9-15-12(16-11)14-8-6-4-5-7-13/h9H,3-8,13H2,1-2H3,(H,14,15,16). The fourth-order valence-electron chi connectivity index (χ4n) is 1.57. The number of aryl methyl sites for hydroxylation is 2. The van der Waals surface area contributed by atoms with Gasteiger partial charge >= 0.3 is 0 Å². The normalized spacial score (nSPS) is 10.4. The zero-order chi connectivity index (χ0) is 11.8. The van der Waals surface area contributed by atoms with Crippen molar-refractivity contribution in [3.8, 4) is 0 Å². The predicted octanol–water partition coefficient (Wildman–Crippen LogP) is 1.89. The van der Waals surface area contributed by atoms with Crippen LogP contribution in [0.2, 0.25) is 0 Å². The number of hydrogen-bond donors (Lipinski definition) is 2. The van der Waals surface area contributed by atoms with Crippen molar-refractivity contribution in [2.24, 2.45) is 5.73 Å². The Morgan fingerprint density at radius 3 is 2.81 bits per heavy atom. The monoisotopic (exact) mass is 222 g/mol. The lowest BCUT2D eigenvalue weighted by Crippen LogP contribution is -2.08. The third-order valence-corrected chi connectivity index (χ3v) is 2.58. The highest BCUT2D eigenvalue weighted by Gasteiger charge is 2.00. The van der Waals surface area contributed by atoms with E-state index in [1.165, 1.54) is 0 Å². The molecule has 0 fully saturated rings. The zero-order valence-corrected chi connectivity index (χ0v) is 10.3. The molecule has 0 amide bonds. The van der Waals surface area contributed by atoms with E-state index in [9.17, 15) is 0 Å². The van der Waals surface area contributed by atoms with Gasteiger partial charge in [-0.05, 0) is 38.3 Å². The quantitative estimate of drug-likeness (QED) is 0.691. The summed E-state index contributed by atoms with van der Waals surface area (Å²) >= 11 is 0. The SMILES string of the molecule is CCc1nc(NCCCCCN)ncc1C. The Labute approximate surface area is 97.7 Å². The second-order valence-electron chi connectivity index (χ2n) is 3.95. The lowest BCUT2D eigenvalue weighted by atomic mass is 10.2. The number of unbranched alkanes of at least 4 members (excludes halogenated alkanes) is 2. The molecular weight excluding hydrogens is 200 g/mol. The van der Waals surface area contributed by atoms with Crippen LogP contribution in [0.3, 0.4) is 0 Å². The van der Waals surface area contributed by atoms with E-state index in [0.717, 1.165) is 56.0 Å². The molecule has 4 heteroatoms. The summed E-state index contributed by atoms with van der Waals surface area (Å²) in [6.07, 6.45) is 6.22. The van der Waals surface area contributed by atoms with Crippen LogP contribution >= 0.6 is 0 Å². The first kappa shape index (κ1) is 12.9. The van der Waals surface area contributed by atoms with Crippen LogP contribution in [-0.4, -0.2) is 23.1 Å². The summed E-state index contributed by atoms with van der Waals surface area (Å²) in [5, 5.41) is 3.24. The first-order chi connectivity index (χ1) is 7.77. The molecule has 1 heterocycles. The van der Waals surface area contributed by atoms with Crippen molar-refractivity contribution in [3.05, 3.63) is 17.5 Å². The molecule has 0 saturated carbocycles. The van der Waals surface area contributed by atoms with Crippen molar-refractivity contribution in [1.29, 1.82) is 0 Å². The Kier molecular flexibility index (Phi) is 5.78. The van der Waals surface area contributed by atoms with E-state index in [-0.39, 0.29) is 0 Å². The molecule has 0 radical (unpaired) electrons. The van der Waals surface area contributed by atoms with Crippen LogP contribution in [0.4, 0.5) is 5.95 Å². The van der Waals surface area contributed by atoms with E-state index in [4.69, 9.17) is 5.73 Å². The van der Waals surface area contributed by atoms with Crippen molar-refractivity contribution in [1.82, 2.24) is 9.97 Å². The van der Waals surface area contributed by atoms with Gasteiger partial charge in [0.15, 0.2) is 0 Å².